The van der Waals surface area contributed by atoms with E-state index in [9.17, 15) is 10.2 Å². The highest BCUT2D eigenvalue weighted by atomic mass is 79.9. The highest BCUT2D eigenvalue weighted by molar-refractivity contribution is 5.91. The first-order chi connectivity index (χ1) is 20.7. The second-order valence-corrected chi connectivity index (χ2v) is 12.2. The van der Waals surface area contributed by atoms with Crippen molar-refractivity contribution in [2.24, 2.45) is 0 Å². The molecule has 0 amide bonds. The summed E-state index contributed by atoms with van der Waals surface area (Å²) >= 11 is 0. The number of aryl methyl sites for hydroxylation is 2. The van der Waals surface area contributed by atoms with Gasteiger partial charge in [-0.15, -0.1) is 0 Å². The number of aliphatic hydroxyl groups excluding tert-OH is 2. The first-order valence-electron chi connectivity index (χ1n) is 14.9. The van der Waals surface area contributed by atoms with Gasteiger partial charge in [0.25, 0.3) is 0 Å². The Hall–Kier alpha value is -3.33. The van der Waals surface area contributed by atoms with Crippen LogP contribution in [0.3, 0.4) is 0 Å². The Kier molecular flexibility index (Phi) is 13.1. The quantitative estimate of drug-likeness (QED) is 0.156. The largest absolute Gasteiger partial charge is 1.00 e. The lowest BCUT2D eigenvalue weighted by Crippen LogP contribution is -3.00. The Balaban J connectivity index is 0.00000276. The lowest BCUT2D eigenvalue weighted by Gasteiger charge is -2.30. The molecule has 1 unspecified atom stereocenters. The van der Waals surface area contributed by atoms with Crippen LogP contribution in [0.5, 0.6) is 0 Å². The molecule has 7 heteroatoms. The Labute approximate surface area is 288 Å². The Bertz CT molecular complexity index is 1680. The molecule has 0 spiro atoms. The predicted molar refractivity (Wildman–Crippen MR) is 179 cm³/mol. The van der Waals surface area contributed by atoms with Gasteiger partial charge in [0, 0.05) is 29.2 Å². The summed E-state index contributed by atoms with van der Waals surface area (Å²) in [4.78, 5) is 2.32. The SMILES string of the molecule is Cc1cccc(N(c2cccc(C)c2)c2ccc3cc(/C=C/c4cc[n+](CC(O)C[N+](C)(C)CCO)cc4)ccc3c2)c1.[Br-].[Br-]. The van der Waals surface area contributed by atoms with Crippen LogP contribution in [0.15, 0.2) is 109 Å². The summed E-state index contributed by atoms with van der Waals surface area (Å²) in [5.41, 5.74) is 8.13. The van der Waals surface area contributed by atoms with E-state index in [0.717, 1.165) is 28.2 Å². The zero-order chi connectivity index (χ0) is 30.4. The molecule has 0 saturated heterocycles. The maximum atomic E-state index is 10.5. The molecule has 0 aliphatic heterocycles. The third kappa shape index (κ3) is 9.83. The van der Waals surface area contributed by atoms with Crippen molar-refractivity contribution in [1.82, 2.24) is 0 Å². The van der Waals surface area contributed by atoms with Gasteiger partial charge in [0.05, 0.1) is 20.7 Å². The predicted octanol–water partition coefficient (Wildman–Crippen LogP) is 0.822. The fourth-order valence-electron chi connectivity index (χ4n) is 5.60. The van der Waals surface area contributed by atoms with Gasteiger partial charge >= 0.3 is 0 Å². The molecule has 1 aromatic heterocycles. The molecular formula is C38H43Br2N3O2. The van der Waals surface area contributed by atoms with Gasteiger partial charge < -0.3 is 53.6 Å². The number of nitrogens with zero attached hydrogens (tertiary/aromatic N) is 3. The molecule has 0 fully saturated rings. The van der Waals surface area contributed by atoms with Crippen molar-refractivity contribution >= 4 is 40.0 Å². The molecule has 5 nitrogen and oxygen atoms in total. The number of rotatable bonds is 11. The summed E-state index contributed by atoms with van der Waals surface area (Å²) in [6.07, 6.45) is 7.79. The molecule has 0 bridgehead atoms. The number of hydrogen-bond donors (Lipinski definition) is 2. The van der Waals surface area contributed by atoms with Crippen molar-refractivity contribution in [3.8, 4) is 0 Å². The highest BCUT2D eigenvalue weighted by Gasteiger charge is 2.22. The third-order valence-corrected chi connectivity index (χ3v) is 7.84. The molecule has 0 radical (unpaired) electrons. The van der Waals surface area contributed by atoms with Crippen molar-refractivity contribution in [3.63, 3.8) is 0 Å². The lowest BCUT2D eigenvalue weighted by atomic mass is 10.0. The first kappa shape index (κ1) is 36.1. The van der Waals surface area contributed by atoms with Crippen molar-refractivity contribution in [2.45, 2.75) is 26.5 Å². The zero-order valence-electron chi connectivity index (χ0n) is 26.4. The Morgan fingerprint density at radius 2 is 1.27 bits per heavy atom. The van der Waals surface area contributed by atoms with Crippen LogP contribution in [0, 0.1) is 13.8 Å². The fourth-order valence-corrected chi connectivity index (χ4v) is 5.60. The van der Waals surface area contributed by atoms with Crippen LogP contribution >= 0.6 is 0 Å². The van der Waals surface area contributed by atoms with Crippen LogP contribution in [0.2, 0.25) is 0 Å². The monoisotopic (exact) mass is 731 g/mol. The van der Waals surface area contributed by atoms with Gasteiger partial charge in [0.15, 0.2) is 25.0 Å². The molecule has 0 aliphatic carbocycles. The van der Waals surface area contributed by atoms with Gasteiger partial charge in [-0.2, -0.15) is 0 Å². The van der Waals surface area contributed by atoms with Gasteiger partial charge in [-0.25, -0.2) is 4.57 Å². The second-order valence-electron chi connectivity index (χ2n) is 12.2. The minimum absolute atomic E-state index is 0. The Morgan fingerprint density at radius 3 is 1.87 bits per heavy atom. The van der Waals surface area contributed by atoms with E-state index in [0.29, 0.717) is 24.1 Å². The molecule has 236 valence electrons. The fraction of sp³-hybridized carbons (Fsp3) is 0.237. The number of aromatic nitrogens is 1. The standard InChI is InChI=1S/C38H43N3O2.2BrH/c1-29-7-5-9-35(23-29)40(36-10-6-8-30(2)24-36)37-16-15-33-25-32(13-14-34(33)26-37)12-11-31-17-19-39(20-18-31)27-38(43)28-41(3,4)21-22-42;;/h5-20,23-26,38,42-43H,21-22,27-28H2,1-4H3;2*1H/q+2;;/p-2. The van der Waals surface area contributed by atoms with Crippen LogP contribution in [0.1, 0.15) is 22.3 Å². The summed E-state index contributed by atoms with van der Waals surface area (Å²) in [5.74, 6) is 0. The van der Waals surface area contributed by atoms with Crippen molar-refractivity contribution < 1.29 is 53.2 Å². The average Bonchev–Trinajstić information content (AvgIpc) is 2.96. The number of hydrogen-bond acceptors (Lipinski definition) is 3. The molecule has 5 aromatic rings. The number of pyridine rings is 1. The lowest BCUT2D eigenvalue weighted by molar-refractivity contribution is -0.896. The summed E-state index contributed by atoms with van der Waals surface area (Å²) in [5, 5.41) is 22.1. The van der Waals surface area contributed by atoms with Crippen LogP contribution < -0.4 is 43.4 Å². The molecule has 45 heavy (non-hydrogen) atoms. The van der Waals surface area contributed by atoms with E-state index in [4.69, 9.17) is 0 Å². The van der Waals surface area contributed by atoms with E-state index in [1.165, 1.54) is 21.9 Å². The van der Waals surface area contributed by atoms with E-state index in [1.54, 1.807) is 0 Å². The molecule has 4 aromatic carbocycles. The number of likely N-dealkylation sites (N-methyl/N-ethyl adjacent to an activating group) is 1. The maximum absolute atomic E-state index is 10.5. The van der Waals surface area contributed by atoms with Gasteiger partial charge in [0.2, 0.25) is 0 Å². The van der Waals surface area contributed by atoms with Crippen LogP contribution in [-0.4, -0.2) is 54.6 Å². The van der Waals surface area contributed by atoms with Crippen molar-refractivity contribution in [1.29, 1.82) is 0 Å². The minimum atomic E-state index is -0.480. The number of aliphatic hydroxyl groups is 2. The van der Waals surface area contributed by atoms with E-state index in [2.05, 4.69) is 128 Å². The van der Waals surface area contributed by atoms with Gasteiger partial charge in [-0.1, -0.05) is 54.6 Å². The van der Waals surface area contributed by atoms with E-state index >= 15 is 0 Å². The average molecular weight is 734 g/mol. The molecule has 2 N–H and O–H groups in total. The third-order valence-electron chi connectivity index (χ3n) is 7.84. The molecule has 1 atom stereocenters. The molecule has 0 saturated carbocycles. The molecular weight excluding hydrogens is 690 g/mol. The smallest absolute Gasteiger partial charge is 0.179 e. The molecule has 0 aliphatic rings. The van der Waals surface area contributed by atoms with Crippen LogP contribution in [0.4, 0.5) is 17.1 Å². The van der Waals surface area contributed by atoms with Crippen molar-refractivity contribution in [2.75, 3.05) is 38.7 Å². The van der Waals surface area contributed by atoms with Crippen molar-refractivity contribution in [3.05, 3.63) is 132 Å². The second kappa shape index (κ2) is 16.3. The normalized spacial score (nSPS) is 12.0. The van der Waals surface area contributed by atoms with E-state index in [-0.39, 0.29) is 40.6 Å². The zero-order valence-corrected chi connectivity index (χ0v) is 29.6. The van der Waals surface area contributed by atoms with Gasteiger partial charge in [-0.3, -0.25) is 0 Å². The van der Waals surface area contributed by atoms with Gasteiger partial charge in [-0.05, 0) is 89.3 Å². The minimum Gasteiger partial charge on any atom is -1.00 e. The summed E-state index contributed by atoms with van der Waals surface area (Å²) in [6.45, 7) is 6.12. The number of fused-ring (bicyclic) bond motifs is 1. The summed E-state index contributed by atoms with van der Waals surface area (Å²) < 4.78 is 2.59. The topological polar surface area (TPSA) is 47.6 Å². The highest BCUT2D eigenvalue weighted by Crippen LogP contribution is 2.36. The number of halogens is 2. The summed E-state index contributed by atoms with van der Waals surface area (Å²) in [6, 6.07) is 34.7. The molecule has 1 heterocycles. The van der Waals surface area contributed by atoms with Crippen LogP contribution in [-0.2, 0) is 6.54 Å². The molecule has 5 rings (SSSR count). The van der Waals surface area contributed by atoms with E-state index in [1.807, 2.05) is 31.1 Å². The van der Waals surface area contributed by atoms with Crippen LogP contribution in [0.25, 0.3) is 22.9 Å². The van der Waals surface area contributed by atoms with E-state index < -0.39 is 6.10 Å². The Morgan fingerprint density at radius 1 is 0.711 bits per heavy atom. The van der Waals surface area contributed by atoms with Gasteiger partial charge in [0.1, 0.15) is 13.1 Å². The first-order valence-corrected chi connectivity index (χ1v) is 14.9. The summed E-state index contributed by atoms with van der Waals surface area (Å²) in [7, 11) is 4.05. The maximum Gasteiger partial charge on any atom is 0.179 e. The number of quaternary nitrogens is 1. The number of anilines is 3. The number of benzene rings is 4.